The summed E-state index contributed by atoms with van der Waals surface area (Å²) in [6.45, 7) is 0. The van der Waals surface area contributed by atoms with Gasteiger partial charge in [-0.1, -0.05) is 18.2 Å². The largest absolute Gasteiger partial charge is 0.478 e. The van der Waals surface area contributed by atoms with Crippen LogP contribution in [0, 0.1) is 11.3 Å². The maximum Gasteiger partial charge on any atom is 0.336 e. The number of benzene rings is 2. The van der Waals surface area contributed by atoms with Crippen molar-refractivity contribution in [2.24, 2.45) is 0 Å². The molecule has 2 rings (SSSR count). The fourth-order valence-corrected chi connectivity index (χ4v) is 2.18. The molecule has 0 aliphatic carbocycles. The molecule has 0 amide bonds. The van der Waals surface area contributed by atoms with Gasteiger partial charge >= 0.3 is 11.9 Å². The number of carboxylic acids is 2. The van der Waals surface area contributed by atoms with Gasteiger partial charge in [-0.15, -0.1) is 0 Å². The Morgan fingerprint density at radius 1 is 0.913 bits per heavy atom. The number of rotatable bonds is 5. The van der Waals surface area contributed by atoms with Crippen LogP contribution in [0.4, 0.5) is 0 Å². The van der Waals surface area contributed by atoms with E-state index in [-0.39, 0.29) is 23.1 Å². The number of nitriles is 1. The summed E-state index contributed by atoms with van der Waals surface area (Å²) in [7, 11) is 0. The van der Waals surface area contributed by atoms with Gasteiger partial charge in [0.25, 0.3) is 0 Å². The van der Waals surface area contributed by atoms with E-state index in [2.05, 4.69) is 0 Å². The molecule has 0 unspecified atom stereocenters. The van der Waals surface area contributed by atoms with E-state index in [1.165, 1.54) is 30.3 Å². The van der Waals surface area contributed by atoms with E-state index in [0.717, 1.165) is 0 Å². The fourth-order valence-electron chi connectivity index (χ4n) is 2.18. The van der Waals surface area contributed by atoms with Crippen LogP contribution < -0.4 is 0 Å². The number of carbonyl (C=O) groups is 3. The Labute approximate surface area is 131 Å². The minimum Gasteiger partial charge on any atom is -0.478 e. The van der Waals surface area contributed by atoms with Crippen LogP contribution in [-0.4, -0.2) is 27.9 Å². The van der Waals surface area contributed by atoms with E-state index < -0.39 is 17.7 Å². The van der Waals surface area contributed by atoms with Gasteiger partial charge in [0.2, 0.25) is 0 Å². The monoisotopic (exact) mass is 309 g/mol. The third-order valence-corrected chi connectivity index (χ3v) is 3.25. The van der Waals surface area contributed by atoms with Crippen molar-refractivity contribution in [3.8, 4) is 6.07 Å². The van der Waals surface area contributed by atoms with Crippen LogP contribution in [0.1, 0.15) is 42.2 Å². The lowest BCUT2D eigenvalue weighted by molar-refractivity contribution is 0.0688. The molecule has 2 N–H and O–H groups in total. The summed E-state index contributed by atoms with van der Waals surface area (Å²) < 4.78 is 0. The van der Waals surface area contributed by atoms with Gasteiger partial charge in [0, 0.05) is 12.0 Å². The molecule has 0 fully saturated rings. The van der Waals surface area contributed by atoms with Crippen LogP contribution in [0.3, 0.4) is 0 Å². The summed E-state index contributed by atoms with van der Waals surface area (Å²) in [4.78, 5) is 34.9. The lowest BCUT2D eigenvalue weighted by Gasteiger charge is -2.09. The molecular formula is C17H11NO5. The van der Waals surface area contributed by atoms with E-state index in [1.807, 2.05) is 6.07 Å². The Hall–Kier alpha value is -3.46. The molecule has 0 heterocycles. The van der Waals surface area contributed by atoms with Gasteiger partial charge < -0.3 is 10.2 Å². The summed E-state index contributed by atoms with van der Waals surface area (Å²) in [6, 6.07) is 11.8. The van der Waals surface area contributed by atoms with Crippen molar-refractivity contribution in [1.29, 1.82) is 5.26 Å². The van der Waals surface area contributed by atoms with E-state index in [9.17, 15) is 24.6 Å². The van der Waals surface area contributed by atoms with Gasteiger partial charge in [-0.2, -0.15) is 5.26 Å². The summed E-state index contributed by atoms with van der Waals surface area (Å²) in [5.41, 5.74) is -0.0205. The average Bonchev–Trinajstić information content (AvgIpc) is 2.54. The number of hydrogen-bond donors (Lipinski definition) is 2. The number of ketones is 1. The first-order valence-corrected chi connectivity index (χ1v) is 6.56. The highest BCUT2D eigenvalue weighted by Crippen LogP contribution is 2.19. The lowest BCUT2D eigenvalue weighted by Crippen LogP contribution is -2.16. The highest BCUT2D eigenvalue weighted by Gasteiger charge is 2.23. The zero-order chi connectivity index (χ0) is 17.0. The molecule has 0 spiro atoms. The highest BCUT2D eigenvalue weighted by atomic mass is 16.4. The first-order chi connectivity index (χ1) is 10.9. The molecule has 114 valence electrons. The highest BCUT2D eigenvalue weighted by molar-refractivity contribution is 6.12. The Morgan fingerprint density at radius 2 is 1.43 bits per heavy atom. The number of aromatic carboxylic acids is 2. The van der Waals surface area contributed by atoms with Crippen molar-refractivity contribution in [3.63, 3.8) is 0 Å². The molecule has 0 saturated heterocycles. The lowest BCUT2D eigenvalue weighted by atomic mass is 9.93. The number of nitrogens with zero attached hydrogens (tertiary/aromatic N) is 1. The van der Waals surface area contributed by atoms with E-state index in [1.54, 1.807) is 12.1 Å². The topological polar surface area (TPSA) is 115 Å². The molecule has 0 radical (unpaired) electrons. The van der Waals surface area contributed by atoms with Crippen molar-refractivity contribution >= 4 is 17.7 Å². The van der Waals surface area contributed by atoms with Crippen LogP contribution in [0.2, 0.25) is 0 Å². The van der Waals surface area contributed by atoms with Gasteiger partial charge in [0.05, 0.1) is 22.8 Å². The number of carbonyl (C=O) groups excluding carboxylic acids is 1. The number of Topliss-reactive ketones (excluding diaryl/α,β-unsaturated/α-hetero) is 1. The van der Waals surface area contributed by atoms with Crippen LogP contribution in [0.15, 0.2) is 42.5 Å². The molecule has 6 nitrogen and oxygen atoms in total. The Kier molecular flexibility index (Phi) is 4.52. The van der Waals surface area contributed by atoms with Crippen LogP contribution >= 0.6 is 0 Å². The van der Waals surface area contributed by atoms with Gasteiger partial charge in [0.1, 0.15) is 0 Å². The van der Waals surface area contributed by atoms with Crippen molar-refractivity contribution in [1.82, 2.24) is 0 Å². The summed E-state index contributed by atoms with van der Waals surface area (Å²) in [5, 5.41) is 27.1. The van der Waals surface area contributed by atoms with Crippen LogP contribution in [0.5, 0.6) is 0 Å². The van der Waals surface area contributed by atoms with Gasteiger partial charge in [-0.05, 0) is 29.8 Å². The molecular weight excluding hydrogens is 298 g/mol. The summed E-state index contributed by atoms with van der Waals surface area (Å²) >= 11 is 0. The smallest absolute Gasteiger partial charge is 0.336 e. The van der Waals surface area contributed by atoms with E-state index in [0.29, 0.717) is 11.1 Å². The zero-order valence-corrected chi connectivity index (χ0v) is 11.8. The van der Waals surface area contributed by atoms with Gasteiger partial charge in [-0.3, -0.25) is 4.79 Å². The van der Waals surface area contributed by atoms with Crippen LogP contribution in [-0.2, 0) is 6.42 Å². The van der Waals surface area contributed by atoms with Crippen molar-refractivity contribution < 1.29 is 24.6 Å². The Balaban J connectivity index is 2.43. The third-order valence-electron chi connectivity index (χ3n) is 3.25. The molecule has 2 aromatic carbocycles. The first-order valence-electron chi connectivity index (χ1n) is 6.56. The molecule has 0 aliphatic rings. The second-order valence-electron chi connectivity index (χ2n) is 4.75. The van der Waals surface area contributed by atoms with Crippen LogP contribution in [0.25, 0.3) is 0 Å². The SMILES string of the molecule is N#Cc1ccc(CC(=O)c2c(C(=O)O)cccc2C(=O)O)cc1. The quantitative estimate of drug-likeness (QED) is 0.819. The standard InChI is InChI=1S/C17H11NO5/c18-9-11-6-4-10(5-7-11)8-14(19)15-12(16(20)21)2-1-3-13(15)17(22)23/h1-7H,8H2,(H,20,21)(H,22,23). The maximum absolute atomic E-state index is 12.4. The molecule has 0 bridgehead atoms. The number of hydrogen-bond acceptors (Lipinski definition) is 4. The molecule has 0 aliphatic heterocycles. The molecule has 0 saturated carbocycles. The molecule has 2 aromatic rings. The predicted octanol–water partition coefficient (Wildman–Crippen LogP) is 2.38. The third kappa shape index (κ3) is 3.41. The second kappa shape index (κ2) is 6.54. The van der Waals surface area contributed by atoms with Crippen molar-refractivity contribution in [3.05, 3.63) is 70.3 Å². The molecule has 6 heteroatoms. The zero-order valence-electron chi connectivity index (χ0n) is 11.8. The summed E-state index contributed by atoms with van der Waals surface area (Å²) in [5.74, 6) is -3.34. The molecule has 23 heavy (non-hydrogen) atoms. The predicted molar refractivity (Wildman–Crippen MR) is 79.6 cm³/mol. The van der Waals surface area contributed by atoms with Crippen molar-refractivity contribution in [2.75, 3.05) is 0 Å². The Bertz CT molecular complexity index is 799. The second-order valence-corrected chi connectivity index (χ2v) is 4.75. The molecule has 0 atom stereocenters. The normalized spacial score (nSPS) is 9.87. The summed E-state index contributed by atoms with van der Waals surface area (Å²) in [6.07, 6.45) is -0.156. The maximum atomic E-state index is 12.4. The minimum atomic E-state index is -1.36. The van der Waals surface area contributed by atoms with E-state index >= 15 is 0 Å². The number of carboxylic acid groups (broad SMARTS) is 2. The first kappa shape index (κ1) is 15.9. The Morgan fingerprint density at radius 3 is 1.87 bits per heavy atom. The average molecular weight is 309 g/mol. The van der Waals surface area contributed by atoms with Gasteiger partial charge in [-0.25, -0.2) is 9.59 Å². The van der Waals surface area contributed by atoms with E-state index in [4.69, 9.17) is 5.26 Å². The van der Waals surface area contributed by atoms with Gasteiger partial charge in [0.15, 0.2) is 5.78 Å². The minimum absolute atomic E-state index is 0.156. The fraction of sp³-hybridized carbons (Fsp3) is 0.0588. The molecule has 0 aromatic heterocycles. The van der Waals surface area contributed by atoms with Crippen molar-refractivity contribution in [2.45, 2.75) is 6.42 Å².